The smallest absolute Gasteiger partial charge is 0.248 e. The monoisotopic (exact) mass is 988 g/mol. The van der Waals surface area contributed by atoms with Crippen LogP contribution in [0.1, 0.15) is 33.4 Å². The van der Waals surface area contributed by atoms with Gasteiger partial charge in [0.15, 0.2) is 0 Å². The zero-order chi connectivity index (χ0) is 52.5. The first-order valence-corrected chi connectivity index (χ1v) is 22.7. The van der Waals surface area contributed by atoms with Crippen molar-refractivity contribution in [3.05, 3.63) is 216 Å². The molecule has 0 aliphatic carbocycles. The van der Waals surface area contributed by atoms with E-state index in [0.29, 0.717) is 17.1 Å². The molecule has 0 unspecified atom stereocenters. The molecule has 20 heteroatoms. The SMILES string of the molecule is CN(C)C=O.Cc1ccc(/C=C/C(=O)Nc2ccc(-n3cnnn3)cc2)cc1.Cc1ccc(/C=C/C(=O)Nc2ccc(-n3cnnn3)cc2)cc1.Cc1ccc(/C=C/C(=O)Nc2ccc(-n3cnnn3)cc2)cc1. The quantitative estimate of drug-likeness (QED) is 0.0747. The van der Waals surface area contributed by atoms with Crippen molar-refractivity contribution >= 4 is 59.4 Å². The Morgan fingerprint density at radius 3 is 0.851 bits per heavy atom. The average molecular weight is 989 g/mol. The number of carbonyl (C=O) groups is 4. The first-order chi connectivity index (χ1) is 35.9. The minimum Gasteiger partial charge on any atom is -0.351 e. The molecule has 20 nitrogen and oxygen atoms in total. The summed E-state index contributed by atoms with van der Waals surface area (Å²) in [5, 5.41) is 41.3. The number of hydrogen-bond acceptors (Lipinski definition) is 13. The van der Waals surface area contributed by atoms with Crippen LogP contribution in [0.15, 0.2) is 183 Å². The number of benzene rings is 6. The molecule has 74 heavy (non-hydrogen) atoms. The Balaban J connectivity index is 0.000000173. The van der Waals surface area contributed by atoms with Gasteiger partial charge in [0, 0.05) is 49.4 Å². The van der Waals surface area contributed by atoms with E-state index in [1.807, 2.05) is 130 Å². The largest absolute Gasteiger partial charge is 0.351 e. The Bertz CT molecular complexity index is 2870. The van der Waals surface area contributed by atoms with Gasteiger partial charge < -0.3 is 20.9 Å². The van der Waals surface area contributed by atoms with Crippen molar-refractivity contribution in [3.63, 3.8) is 0 Å². The summed E-state index contributed by atoms with van der Waals surface area (Å²) in [7, 11) is 3.38. The molecule has 0 bridgehead atoms. The van der Waals surface area contributed by atoms with Crippen LogP contribution in [0.25, 0.3) is 35.3 Å². The first-order valence-electron chi connectivity index (χ1n) is 22.7. The molecular formula is C54H52N16O4. The molecule has 9 rings (SSSR count). The molecule has 4 amide bonds. The number of tetrazole rings is 3. The summed E-state index contributed by atoms with van der Waals surface area (Å²) in [6.45, 7) is 6.08. The van der Waals surface area contributed by atoms with Crippen LogP contribution < -0.4 is 16.0 Å². The second-order valence-electron chi connectivity index (χ2n) is 16.2. The third-order valence-electron chi connectivity index (χ3n) is 9.97. The molecule has 9 aromatic rings. The van der Waals surface area contributed by atoms with Crippen LogP contribution >= 0.6 is 0 Å². The lowest BCUT2D eigenvalue weighted by molar-refractivity contribution is -0.116. The van der Waals surface area contributed by atoms with Gasteiger partial charge in [0.1, 0.15) is 19.0 Å². The number of amides is 4. The molecule has 0 radical (unpaired) electrons. The van der Waals surface area contributed by atoms with Gasteiger partial charge in [-0.3, -0.25) is 19.2 Å². The van der Waals surface area contributed by atoms with Crippen molar-refractivity contribution in [1.29, 1.82) is 0 Å². The molecule has 372 valence electrons. The van der Waals surface area contributed by atoms with Gasteiger partial charge in [0.25, 0.3) is 0 Å². The van der Waals surface area contributed by atoms with E-state index in [2.05, 4.69) is 62.5 Å². The standard InChI is InChI=1S/3C17H15N5O.C3H7NO/c3*1-13-2-4-14(5-3-13)6-11-17(23)19-15-7-9-16(10-8-15)22-12-18-20-21-22;1-4(2)3-5/h3*2-12H,1H3,(H,19,23);3H,1-2H3/b3*11-6+;. The van der Waals surface area contributed by atoms with Crippen LogP contribution in [0.2, 0.25) is 0 Å². The van der Waals surface area contributed by atoms with Gasteiger partial charge in [-0.1, -0.05) is 89.5 Å². The van der Waals surface area contributed by atoms with Crippen molar-refractivity contribution in [2.45, 2.75) is 20.8 Å². The third-order valence-corrected chi connectivity index (χ3v) is 9.97. The van der Waals surface area contributed by atoms with Crippen molar-refractivity contribution in [3.8, 4) is 17.1 Å². The highest BCUT2D eigenvalue weighted by Crippen LogP contribution is 2.16. The van der Waals surface area contributed by atoms with Crippen molar-refractivity contribution in [1.82, 2.24) is 65.5 Å². The van der Waals surface area contributed by atoms with E-state index in [1.165, 1.54) is 58.8 Å². The predicted octanol–water partition coefficient (Wildman–Crippen LogP) is 7.57. The highest BCUT2D eigenvalue weighted by atomic mass is 16.2. The number of nitrogens with one attached hydrogen (secondary N) is 3. The van der Waals surface area contributed by atoms with E-state index in [9.17, 15) is 19.2 Å². The van der Waals surface area contributed by atoms with Crippen LogP contribution in [0.4, 0.5) is 17.1 Å². The van der Waals surface area contributed by atoms with Crippen molar-refractivity contribution in [2.24, 2.45) is 0 Å². The van der Waals surface area contributed by atoms with Gasteiger partial charge in [0.05, 0.1) is 17.1 Å². The van der Waals surface area contributed by atoms with Gasteiger partial charge in [-0.15, -0.1) is 15.3 Å². The summed E-state index contributed by atoms with van der Waals surface area (Å²) in [4.78, 5) is 46.7. The lowest BCUT2D eigenvalue weighted by atomic mass is 10.1. The number of hydrogen-bond donors (Lipinski definition) is 3. The van der Waals surface area contributed by atoms with E-state index < -0.39 is 0 Å². The summed E-state index contributed by atoms with van der Waals surface area (Å²) in [6, 6.07) is 45.7. The molecule has 3 N–H and O–H groups in total. The molecular weight excluding hydrogens is 937 g/mol. The molecule has 6 aromatic carbocycles. The fraction of sp³-hybridized carbons (Fsp3) is 0.0926. The third kappa shape index (κ3) is 18.2. The van der Waals surface area contributed by atoms with Crippen LogP contribution in [-0.4, -0.2) is 104 Å². The van der Waals surface area contributed by atoms with Crippen LogP contribution in [0, 0.1) is 20.8 Å². The second-order valence-corrected chi connectivity index (χ2v) is 16.2. The fourth-order valence-corrected chi connectivity index (χ4v) is 6.03. The zero-order valence-electron chi connectivity index (χ0n) is 41.1. The summed E-state index contributed by atoms with van der Waals surface area (Å²) >= 11 is 0. The van der Waals surface area contributed by atoms with Gasteiger partial charge >= 0.3 is 0 Å². The summed E-state index contributed by atoms with van der Waals surface area (Å²) in [5.41, 5.74) is 11.1. The number of nitrogens with zero attached hydrogens (tertiary/aromatic N) is 13. The van der Waals surface area contributed by atoms with E-state index in [4.69, 9.17) is 0 Å². The molecule has 0 atom stereocenters. The highest BCUT2D eigenvalue weighted by molar-refractivity contribution is 6.03. The summed E-state index contributed by atoms with van der Waals surface area (Å²) < 4.78 is 4.63. The summed E-state index contributed by atoms with van der Waals surface area (Å²) in [6.07, 6.45) is 15.2. The number of carbonyl (C=O) groups excluding carboxylic acids is 4. The summed E-state index contributed by atoms with van der Waals surface area (Å²) in [5.74, 6) is -0.540. The van der Waals surface area contributed by atoms with Gasteiger partial charge in [-0.2, -0.15) is 0 Å². The fourth-order valence-electron chi connectivity index (χ4n) is 6.03. The molecule has 0 fully saturated rings. The minimum absolute atomic E-state index is 0.180. The number of anilines is 3. The molecule has 0 aliphatic rings. The maximum Gasteiger partial charge on any atom is 0.248 e. The Morgan fingerprint density at radius 2 is 0.649 bits per heavy atom. The maximum absolute atomic E-state index is 11.9. The Morgan fingerprint density at radius 1 is 0.405 bits per heavy atom. The minimum atomic E-state index is -0.180. The molecule has 0 spiro atoms. The van der Waals surface area contributed by atoms with Gasteiger partial charge in [0.2, 0.25) is 24.1 Å². The van der Waals surface area contributed by atoms with Crippen molar-refractivity contribution < 1.29 is 19.2 Å². The van der Waals surface area contributed by atoms with E-state index in [-0.39, 0.29) is 17.7 Å². The molecule has 3 heterocycles. The normalized spacial score (nSPS) is 10.6. The van der Waals surface area contributed by atoms with Gasteiger partial charge in [-0.25, -0.2) is 14.0 Å². The van der Waals surface area contributed by atoms with Crippen molar-refractivity contribution in [2.75, 3.05) is 30.0 Å². The maximum atomic E-state index is 11.9. The molecule has 0 saturated carbocycles. The Hall–Kier alpha value is -10.4. The average Bonchev–Trinajstić information content (AvgIpc) is 4.26. The molecule has 3 aromatic heterocycles. The topological polar surface area (TPSA) is 238 Å². The molecule has 0 saturated heterocycles. The van der Waals surface area contributed by atoms with E-state index in [0.717, 1.165) is 40.2 Å². The van der Waals surface area contributed by atoms with E-state index in [1.54, 1.807) is 82.8 Å². The first kappa shape index (κ1) is 53.0. The predicted molar refractivity (Wildman–Crippen MR) is 284 cm³/mol. The van der Waals surface area contributed by atoms with Crippen LogP contribution in [0.3, 0.4) is 0 Å². The number of rotatable bonds is 13. The zero-order valence-corrected chi connectivity index (χ0v) is 41.1. The Labute approximate surface area is 426 Å². The number of aryl methyl sites for hydroxylation is 3. The van der Waals surface area contributed by atoms with Gasteiger partial charge in [-0.05, 0) is 160 Å². The Kier molecular flexibility index (Phi) is 19.9. The van der Waals surface area contributed by atoms with Crippen LogP contribution in [-0.2, 0) is 19.2 Å². The second kappa shape index (κ2) is 27.7. The lowest BCUT2D eigenvalue weighted by Gasteiger charge is -2.04. The lowest BCUT2D eigenvalue weighted by Crippen LogP contribution is -2.07. The van der Waals surface area contributed by atoms with E-state index >= 15 is 0 Å². The molecule has 0 aliphatic heterocycles. The number of aromatic nitrogens is 12. The highest BCUT2D eigenvalue weighted by Gasteiger charge is 2.04. The van der Waals surface area contributed by atoms with Crippen LogP contribution in [0.5, 0.6) is 0 Å².